The molecule has 1 aromatic heterocycles. The van der Waals surface area contributed by atoms with Crippen LogP contribution in [-0.4, -0.2) is 39.2 Å². The van der Waals surface area contributed by atoms with E-state index in [-0.39, 0.29) is 18.0 Å². The van der Waals surface area contributed by atoms with E-state index in [1.165, 1.54) is 0 Å². The highest BCUT2D eigenvalue weighted by atomic mass is 16.2. The van der Waals surface area contributed by atoms with Crippen molar-refractivity contribution in [2.45, 2.75) is 45.2 Å². The number of nitrogens with two attached hydrogens (primary N) is 1. The Morgan fingerprint density at radius 1 is 1.56 bits per heavy atom. The molecule has 0 aromatic carbocycles. The number of likely N-dealkylation sites (tertiary alicyclic amines) is 1. The Morgan fingerprint density at radius 3 is 2.83 bits per heavy atom. The molecule has 5 heteroatoms. The third-order valence-corrected chi connectivity index (χ3v) is 4.00. The molecule has 0 radical (unpaired) electrons. The van der Waals surface area contributed by atoms with Crippen LogP contribution in [0, 0.1) is 6.92 Å². The van der Waals surface area contributed by atoms with Gasteiger partial charge in [-0.25, -0.2) is 0 Å². The number of aryl methyl sites for hydroxylation is 1. The maximum Gasteiger partial charge on any atom is 0.257 e. The number of carbonyl (C=O) groups is 1. The van der Waals surface area contributed by atoms with Crippen LogP contribution in [0.3, 0.4) is 0 Å². The van der Waals surface area contributed by atoms with Crippen molar-refractivity contribution in [3.05, 3.63) is 17.5 Å². The van der Waals surface area contributed by atoms with E-state index in [0.717, 1.165) is 25.0 Å². The van der Waals surface area contributed by atoms with Gasteiger partial charge in [-0.1, -0.05) is 0 Å². The van der Waals surface area contributed by atoms with E-state index in [2.05, 4.69) is 12.0 Å². The molecule has 2 rings (SSSR count). The molecule has 1 saturated heterocycles. The molecule has 1 aliphatic rings. The second-order valence-corrected chi connectivity index (χ2v) is 5.15. The fraction of sp³-hybridized carbons (Fsp3) is 0.692. The van der Waals surface area contributed by atoms with Crippen LogP contribution >= 0.6 is 0 Å². The average molecular weight is 250 g/mol. The number of amides is 1. The van der Waals surface area contributed by atoms with Gasteiger partial charge in [0.05, 0.1) is 11.8 Å². The number of hydrogen-bond acceptors (Lipinski definition) is 3. The lowest BCUT2D eigenvalue weighted by Crippen LogP contribution is -2.51. The number of hydrogen-bond donors (Lipinski definition) is 1. The molecule has 1 fully saturated rings. The van der Waals surface area contributed by atoms with E-state index < -0.39 is 0 Å². The Labute approximate surface area is 108 Å². The number of rotatable bonds is 2. The van der Waals surface area contributed by atoms with Gasteiger partial charge in [0.2, 0.25) is 0 Å². The third-order valence-electron chi connectivity index (χ3n) is 4.00. The minimum atomic E-state index is 0.0725. The maximum atomic E-state index is 12.6. The molecule has 2 N–H and O–H groups in total. The molecule has 2 atom stereocenters. The van der Waals surface area contributed by atoms with Gasteiger partial charge in [-0.2, -0.15) is 5.10 Å². The fourth-order valence-electron chi connectivity index (χ4n) is 2.73. The monoisotopic (exact) mass is 250 g/mol. The molecular formula is C13H22N4O. The van der Waals surface area contributed by atoms with E-state index in [0.29, 0.717) is 12.1 Å². The van der Waals surface area contributed by atoms with E-state index in [1.54, 1.807) is 10.9 Å². The Bertz CT molecular complexity index is 440. The quantitative estimate of drug-likeness (QED) is 0.854. The molecule has 5 nitrogen and oxygen atoms in total. The molecule has 1 aliphatic heterocycles. The zero-order valence-corrected chi connectivity index (χ0v) is 11.4. The summed E-state index contributed by atoms with van der Waals surface area (Å²) in [7, 11) is 1.85. The van der Waals surface area contributed by atoms with Gasteiger partial charge in [0, 0.05) is 31.4 Å². The van der Waals surface area contributed by atoms with Crippen molar-refractivity contribution in [1.29, 1.82) is 0 Å². The molecule has 100 valence electrons. The standard InChI is InChI=1S/C13H22N4O/c1-9-5-4-6-11(7-14)17(9)13(18)12-8-15-16(3)10(12)2/h8-9,11H,4-7,14H2,1-3H3. The predicted molar refractivity (Wildman–Crippen MR) is 70.3 cm³/mol. The van der Waals surface area contributed by atoms with Crippen molar-refractivity contribution in [1.82, 2.24) is 14.7 Å². The van der Waals surface area contributed by atoms with Crippen LogP contribution < -0.4 is 5.73 Å². The van der Waals surface area contributed by atoms with Crippen molar-refractivity contribution in [3.63, 3.8) is 0 Å². The summed E-state index contributed by atoms with van der Waals surface area (Å²) in [5.41, 5.74) is 7.41. The highest BCUT2D eigenvalue weighted by Crippen LogP contribution is 2.25. The first-order chi connectivity index (χ1) is 8.56. The lowest BCUT2D eigenvalue weighted by atomic mass is 9.95. The van der Waals surface area contributed by atoms with Crippen LogP contribution in [0.25, 0.3) is 0 Å². The van der Waals surface area contributed by atoms with Crippen molar-refractivity contribution >= 4 is 5.91 Å². The van der Waals surface area contributed by atoms with Gasteiger partial charge in [0.15, 0.2) is 0 Å². The molecule has 1 amide bonds. The highest BCUT2D eigenvalue weighted by molar-refractivity contribution is 5.95. The lowest BCUT2D eigenvalue weighted by Gasteiger charge is -2.40. The minimum Gasteiger partial charge on any atom is -0.332 e. The molecule has 0 aliphatic carbocycles. The molecule has 0 spiro atoms. The summed E-state index contributed by atoms with van der Waals surface area (Å²) in [5, 5.41) is 4.15. The Kier molecular flexibility index (Phi) is 3.71. The van der Waals surface area contributed by atoms with Crippen LogP contribution in [0.4, 0.5) is 0 Å². The van der Waals surface area contributed by atoms with Crippen LogP contribution in [0.15, 0.2) is 6.20 Å². The molecule has 0 saturated carbocycles. The summed E-state index contributed by atoms with van der Waals surface area (Å²) in [6.07, 6.45) is 4.87. The van der Waals surface area contributed by atoms with Crippen LogP contribution in [0.2, 0.25) is 0 Å². The molecular weight excluding hydrogens is 228 g/mol. The van der Waals surface area contributed by atoms with E-state index >= 15 is 0 Å². The van der Waals surface area contributed by atoms with Crippen molar-refractivity contribution in [2.75, 3.05) is 6.54 Å². The normalized spacial score (nSPS) is 24.3. The molecule has 18 heavy (non-hydrogen) atoms. The first kappa shape index (κ1) is 13.1. The number of carbonyl (C=O) groups excluding carboxylic acids is 1. The topological polar surface area (TPSA) is 64.2 Å². The summed E-state index contributed by atoms with van der Waals surface area (Å²) in [6.45, 7) is 4.56. The van der Waals surface area contributed by atoms with Gasteiger partial charge in [-0.15, -0.1) is 0 Å². The van der Waals surface area contributed by atoms with Crippen LogP contribution in [0.5, 0.6) is 0 Å². The van der Waals surface area contributed by atoms with Gasteiger partial charge in [-0.3, -0.25) is 9.48 Å². The second-order valence-electron chi connectivity index (χ2n) is 5.15. The molecule has 0 bridgehead atoms. The average Bonchev–Trinajstić information content (AvgIpc) is 2.69. The largest absolute Gasteiger partial charge is 0.332 e. The summed E-state index contributed by atoms with van der Waals surface area (Å²) >= 11 is 0. The minimum absolute atomic E-state index is 0.0725. The Hall–Kier alpha value is -1.36. The van der Waals surface area contributed by atoms with Crippen LogP contribution in [0.1, 0.15) is 42.2 Å². The van der Waals surface area contributed by atoms with E-state index in [9.17, 15) is 4.79 Å². The summed E-state index contributed by atoms with van der Waals surface area (Å²) in [6, 6.07) is 0.431. The molecule has 2 unspecified atom stereocenters. The number of nitrogens with zero attached hydrogens (tertiary/aromatic N) is 3. The maximum absolute atomic E-state index is 12.6. The van der Waals surface area contributed by atoms with Crippen LogP contribution in [-0.2, 0) is 7.05 Å². The Morgan fingerprint density at radius 2 is 2.28 bits per heavy atom. The number of piperidine rings is 1. The lowest BCUT2D eigenvalue weighted by molar-refractivity contribution is 0.0493. The van der Waals surface area contributed by atoms with Gasteiger partial charge in [0.1, 0.15) is 0 Å². The smallest absolute Gasteiger partial charge is 0.257 e. The molecule has 1 aromatic rings. The SMILES string of the molecule is Cc1c(C(=O)N2C(C)CCCC2CN)cnn1C. The Balaban J connectivity index is 2.28. The summed E-state index contributed by atoms with van der Waals surface area (Å²) in [5.74, 6) is 0.0725. The molecule has 2 heterocycles. The third kappa shape index (κ3) is 2.14. The van der Waals surface area contributed by atoms with Gasteiger partial charge in [0.25, 0.3) is 5.91 Å². The van der Waals surface area contributed by atoms with Crippen molar-refractivity contribution in [2.24, 2.45) is 12.8 Å². The van der Waals surface area contributed by atoms with Gasteiger partial charge < -0.3 is 10.6 Å². The van der Waals surface area contributed by atoms with Gasteiger partial charge in [-0.05, 0) is 33.1 Å². The first-order valence-corrected chi connectivity index (χ1v) is 6.57. The summed E-state index contributed by atoms with van der Waals surface area (Å²) in [4.78, 5) is 14.6. The van der Waals surface area contributed by atoms with Crippen molar-refractivity contribution < 1.29 is 4.79 Å². The number of aromatic nitrogens is 2. The second kappa shape index (κ2) is 5.10. The zero-order chi connectivity index (χ0) is 13.3. The van der Waals surface area contributed by atoms with E-state index in [1.807, 2.05) is 18.9 Å². The fourth-order valence-corrected chi connectivity index (χ4v) is 2.73. The highest BCUT2D eigenvalue weighted by Gasteiger charge is 2.32. The van der Waals surface area contributed by atoms with Crippen molar-refractivity contribution in [3.8, 4) is 0 Å². The van der Waals surface area contributed by atoms with E-state index in [4.69, 9.17) is 5.73 Å². The zero-order valence-electron chi connectivity index (χ0n) is 11.4. The summed E-state index contributed by atoms with van der Waals surface area (Å²) < 4.78 is 1.74. The predicted octanol–water partition coefficient (Wildman–Crippen LogP) is 1.07. The first-order valence-electron chi connectivity index (χ1n) is 6.57. The van der Waals surface area contributed by atoms with Gasteiger partial charge >= 0.3 is 0 Å².